The van der Waals surface area contributed by atoms with Gasteiger partial charge in [-0.25, -0.2) is 0 Å². The van der Waals surface area contributed by atoms with Crippen LogP contribution in [0.15, 0.2) is 23.8 Å². The van der Waals surface area contributed by atoms with Crippen molar-refractivity contribution in [1.29, 1.82) is 0 Å². The summed E-state index contributed by atoms with van der Waals surface area (Å²) in [6, 6.07) is 0. The topological polar surface area (TPSA) is 0 Å². The Morgan fingerprint density at radius 3 is 3.00 bits per heavy atom. The minimum Gasteiger partial charge on any atom is -0.0995 e. The molecule has 0 amide bonds. The van der Waals surface area contributed by atoms with Gasteiger partial charge in [0.1, 0.15) is 0 Å². The van der Waals surface area contributed by atoms with E-state index in [1.165, 1.54) is 64.2 Å². The molecule has 0 aromatic heterocycles. The van der Waals surface area contributed by atoms with E-state index in [0.29, 0.717) is 5.41 Å². The highest BCUT2D eigenvalue weighted by Crippen LogP contribution is 2.64. The zero-order valence-electron chi connectivity index (χ0n) is 13.2. The average molecular weight is 270 g/mol. The molecule has 0 heterocycles. The highest BCUT2D eigenvalue weighted by atomic mass is 14.6. The largest absolute Gasteiger partial charge is 0.0995 e. The maximum absolute atomic E-state index is 4.62. The van der Waals surface area contributed by atoms with Crippen LogP contribution in [0.5, 0.6) is 0 Å². The van der Waals surface area contributed by atoms with Gasteiger partial charge in [-0.1, -0.05) is 37.1 Å². The predicted octanol–water partition coefficient (Wildman–Crippen LogP) is 5.90. The number of hydrogen-bond acceptors (Lipinski definition) is 0. The van der Waals surface area contributed by atoms with E-state index in [1.54, 1.807) is 5.57 Å². The van der Waals surface area contributed by atoms with Crippen LogP contribution in [-0.2, 0) is 0 Å². The molecule has 0 aliphatic heterocycles. The molecule has 0 heteroatoms. The Labute approximate surface area is 124 Å². The number of allylic oxidation sites excluding steroid dienone is 3. The zero-order valence-corrected chi connectivity index (χ0v) is 13.2. The van der Waals surface area contributed by atoms with E-state index in [4.69, 9.17) is 0 Å². The average Bonchev–Trinajstić information content (AvgIpc) is 2.91. The second-order valence-electron chi connectivity index (χ2n) is 8.09. The fourth-order valence-corrected chi connectivity index (χ4v) is 6.70. The van der Waals surface area contributed by atoms with Crippen LogP contribution >= 0.6 is 0 Å². The Bertz CT molecular complexity index is 443. The van der Waals surface area contributed by atoms with Gasteiger partial charge in [-0.05, 0) is 86.9 Å². The summed E-state index contributed by atoms with van der Waals surface area (Å²) >= 11 is 0. The van der Waals surface area contributed by atoms with E-state index in [-0.39, 0.29) is 0 Å². The molecule has 3 saturated carbocycles. The minimum absolute atomic E-state index is 0.661. The van der Waals surface area contributed by atoms with E-state index >= 15 is 0 Å². The molecule has 0 radical (unpaired) electrons. The Morgan fingerprint density at radius 1 is 1.25 bits per heavy atom. The molecule has 0 aromatic carbocycles. The lowest BCUT2D eigenvalue weighted by Gasteiger charge is -2.54. The van der Waals surface area contributed by atoms with Gasteiger partial charge in [0.2, 0.25) is 0 Å². The lowest BCUT2D eigenvalue weighted by molar-refractivity contribution is 0.0241. The molecule has 20 heavy (non-hydrogen) atoms. The van der Waals surface area contributed by atoms with Gasteiger partial charge in [0.15, 0.2) is 0 Å². The van der Waals surface area contributed by atoms with Gasteiger partial charge in [-0.2, -0.15) is 0 Å². The Balaban J connectivity index is 1.69. The van der Waals surface area contributed by atoms with Crippen LogP contribution < -0.4 is 0 Å². The van der Waals surface area contributed by atoms with Gasteiger partial charge in [0.25, 0.3) is 0 Å². The van der Waals surface area contributed by atoms with Gasteiger partial charge in [-0.3, -0.25) is 0 Å². The monoisotopic (exact) mass is 270 g/mol. The summed E-state index contributed by atoms with van der Waals surface area (Å²) in [7, 11) is 0. The molecule has 4 aliphatic carbocycles. The van der Waals surface area contributed by atoms with Gasteiger partial charge in [0.05, 0.1) is 0 Å². The van der Waals surface area contributed by atoms with E-state index in [0.717, 1.165) is 23.7 Å². The third kappa shape index (κ3) is 1.72. The number of fused-ring (bicyclic) bond motifs is 5. The lowest BCUT2D eigenvalue weighted by atomic mass is 9.50. The SMILES string of the molecule is C=C1C[C@]2(CC)CCC[C@H]2[C@@H]2CCC3=CCCC[C@@H]3[C@@H]12. The van der Waals surface area contributed by atoms with Gasteiger partial charge < -0.3 is 0 Å². The quantitative estimate of drug-likeness (QED) is 0.521. The molecule has 0 bridgehead atoms. The van der Waals surface area contributed by atoms with Crippen molar-refractivity contribution in [3.63, 3.8) is 0 Å². The maximum Gasteiger partial charge on any atom is -0.0109 e. The van der Waals surface area contributed by atoms with Crippen molar-refractivity contribution in [3.8, 4) is 0 Å². The van der Waals surface area contributed by atoms with Gasteiger partial charge in [-0.15, -0.1) is 0 Å². The van der Waals surface area contributed by atoms with Crippen LogP contribution in [0.3, 0.4) is 0 Å². The van der Waals surface area contributed by atoms with Crippen molar-refractivity contribution >= 4 is 0 Å². The van der Waals surface area contributed by atoms with Crippen molar-refractivity contribution in [1.82, 2.24) is 0 Å². The molecule has 0 spiro atoms. The van der Waals surface area contributed by atoms with Crippen molar-refractivity contribution in [2.75, 3.05) is 0 Å². The molecule has 0 N–H and O–H groups in total. The molecule has 4 aliphatic rings. The zero-order chi connectivity index (χ0) is 13.7. The third-order valence-electron chi connectivity index (χ3n) is 7.51. The van der Waals surface area contributed by atoms with Crippen LogP contribution in [0.25, 0.3) is 0 Å². The molecule has 0 unspecified atom stereocenters. The summed E-state index contributed by atoms with van der Waals surface area (Å²) in [5.74, 6) is 3.77. The van der Waals surface area contributed by atoms with Crippen LogP contribution in [0.1, 0.15) is 71.1 Å². The third-order valence-corrected chi connectivity index (χ3v) is 7.51. The van der Waals surface area contributed by atoms with E-state index < -0.39 is 0 Å². The molecular formula is C20H30. The second kappa shape index (κ2) is 4.75. The van der Waals surface area contributed by atoms with Gasteiger partial charge in [0, 0.05) is 0 Å². The Morgan fingerprint density at radius 2 is 2.15 bits per heavy atom. The minimum atomic E-state index is 0.661. The molecule has 3 fully saturated rings. The molecule has 5 atom stereocenters. The highest BCUT2D eigenvalue weighted by Gasteiger charge is 2.54. The summed E-state index contributed by atoms with van der Waals surface area (Å²) in [6.45, 7) is 7.06. The molecule has 0 saturated heterocycles. The first-order chi connectivity index (χ1) is 9.75. The Kier molecular flexibility index (Phi) is 3.13. The summed E-state index contributed by atoms with van der Waals surface area (Å²) < 4.78 is 0. The molecule has 0 aromatic rings. The summed E-state index contributed by atoms with van der Waals surface area (Å²) in [5, 5.41) is 0. The first-order valence-electron chi connectivity index (χ1n) is 9.12. The predicted molar refractivity (Wildman–Crippen MR) is 85.5 cm³/mol. The molecule has 110 valence electrons. The normalized spacial score (nSPS) is 47.2. The summed E-state index contributed by atoms with van der Waals surface area (Å²) in [6.07, 6.45) is 17.0. The summed E-state index contributed by atoms with van der Waals surface area (Å²) in [5.41, 5.74) is 4.13. The fourth-order valence-electron chi connectivity index (χ4n) is 6.70. The van der Waals surface area contributed by atoms with Crippen molar-refractivity contribution in [3.05, 3.63) is 23.8 Å². The smallest absolute Gasteiger partial charge is 0.0109 e. The fraction of sp³-hybridized carbons (Fsp3) is 0.800. The van der Waals surface area contributed by atoms with E-state index in [1.807, 2.05) is 5.57 Å². The second-order valence-corrected chi connectivity index (χ2v) is 8.09. The van der Waals surface area contributed by atoms with Crippen molar-refractivity contribution in [2.24, 2.45) is 29.1 Å². The standard InChI is InChI=1S/C20H30/c1-3-20-12-6-9-18(20)17-11-10-15-7-4-5-8-16(15)19(17)14(2)13-20/h7,16-19H,2-6,8-13H2,1H3/t16-,17-,18-,19+,20-/m0/s1. The van der Waals surface area contributed by atoms with Crippen LogP contribution in [0.2, 0.25) is 0 Å². The van der Waals surface area contributed by atoms with E-state index in [2.05, 4.69) is 19.6 Å². The first kappa shape index (κ1) is 13.2. The van der Waals surface area contributed by atoms with Crippen molar-refractivity contribution < 1.29 is 0 Å². The van der Waals surface area contributed by atoms with Crippen molar-refractivity contribution in [2.45, 2.75) is 71.1 Å². The number of rotatable bonds is 1. The lowest BCUT2D eigenvalue weighted by Crippen LogP contribution is -2.46. The van der Waals surface area contributed by atoms with Crippen LogP contribution in [-0.4, -0.2) is 0 Å². The van der Waals surface area contributed by atoms with Crippen LogP contribution in [0, 0.1) is 29.1 Å². The summed E-state index contributed by atoms with van der Waals surface area (Å²) in [4.78, 5) is 0. The number of hydrogen-bond donors (Lipinski definition) is 0. The molecular weight excluding hydrogens is 240 g/mol. The molecule has 0 nitrogen and oxygen atoms in total. The first-order valence-corrected chi connectivity index (χ1v) is 9.12. The maximum atomic E-state index is 4.62. The Hall–Kier alpha value is -0.520. The highest BCUT2D eigenvalue weighted by molar-refractivity contribution is 5.26. The van der Waals surface area contributed by atoms with Gasteiger partial charge >= 0.3 is 0 Å². The van der Waals surface area contributed by atoms with Crippen LogP contribution in [0.4, 0.5) is 0 Å². The molecule has 4 rings (SSSR count). The van der Waals surface area contributed by atoms with E-state index in [9.17, 15) is 0 Å².